The molecule has 1 aliphatic rings. The van der Waals surface area contributed by atoms with E-state index in [1.54, 1.807) is 0 Å². The molecule has 3 rings (SSSR count). The third-order valence-corrected chi connectivity index (χ3v) is 4.00. The number of carbonyl (C=O) groups is 1. The van der Waals surface area contributed by atoms with Gasteiger partial charge in [0.05, 0.1) is 22.6 Å². The van der Waals surface area contributed by atoms with E-state index in [2.05, 4.69) is 50.1 Å². The maximum Gasteiger partial charge on any atom is 0.167 e. The average Bonchev–Trinajstić information content (AvgIpc) is 2.66. The first-order valence-electron chi connectivity index (χ1n) is 7.06. The lowest BCUT2D eigenvalue weighted by Crippen LogP contribution is -2.28. The minimum absolute atomic E-state index is 0.0129. The van der Waals surface area contributed by atoms with Crippen molar-refractivity contribution in [2.45, 2.75) is 40.5 Å². The molecule has 1 aromatic heterocycles. The Morgan fingerprint density at radius 2 is 1.75 bits per heavy atom. The first kappa shape index (κ1) is 13.1. The van der Waals surface area contributed by atoms with Crippen LogP contribution in [0, 0.1) is 19.3 Å². The van der Waals surface area contributed by atoms with Gasteiger partial charge in [0.1, 0.15) is 0 Å². The van der Waals surface area contributed by atoms with Crippen LogP contribution in [0.1, 0.15) is 47.6 Å². The highest BCUT2D eigenvalue weighted by atomic mass is 16.1. The number of benzene rings is 1. The van der Waals surface area contributed by atoms with Gasteiger partial charge in [0.25, 0.3) is 0 Å². The molecule has 0 radical (unpaired) electrons. The predicted molar refractivity (Wildman–Crippen MR) is 79.5 cm³/mol. The van der Waals surface area contributed by atoms with Crippen LogP contribution < -0.4 is 0 Å². The molecule has 2 aromatic rings. The minimum Gasteiger partial charge on any atom is -0.294 e. The van der Waals surface area contributed by atoms with Gasteiger partial charge in [-0.25, -0.2) is 4.68 Å². The van der Waals surface area contributed by atoms with E-state index in [-0.39, 0.29) is 11.2 Å². The Morgan fingerprint density at radius 3 is 2.40 bits per heavy atom. The second-order valence-corrected chi connectivity index (χ2v) is 6.60. The number of rotatable bonds is 1. The van der Waals surface area contributed by atoms with Gasteiger partial charge in [-0.05, 0) is 37.8 Å². The number of aromatic nitrogens is 2. The second-order valence-electron chi connectivity index (χ2n) is 6.60. The third kappa shape index (κ3) is 2.07. The van der Waals surface area contributed by atoms with Gasteiger partial charge in [-0.2, -0.15) is 5.10 Å². The van der Waals surface area contributed by atoms with E-state index < -0.39 is 0 Å². The van der Waals surface area contributed by atoms with Gasteiger partial charge in [0.2, 0.25) is 0 Å². The van der Waals surface area contributed by atoms with Crippen LogP contribution in [-0.2, 0) is 6.42 Å². The molecule has 0 atom stereocenters. The Labute approximate surface area is 119 Å². The van der Waals surface area contributed by atoms with Crippen LogP contribution in [0.25, 0.3) is 5.69 Å². The zero-order valence-corrected chi connectivity index (χ0v) is 12.5. The molecule has 20 heavy (non-hydrogen) atoms. The average molecular weight is 268 g/mol. The summed E-state index contributed by atoms with van der Waals surface area (Å²) in [5.74, 6) is 0.229. The van der Waals surface area contributed by atoms with Crippen molar-refractivity contribution in [2.75, 3.05) is 0 Å². The molecule has 0 N–H and O–H groups in total. The SMILES string of the molecule is Cc1ccc(-n2nc(C)c3c2CC(C)(C)CC3=O)cc1. The van der Waals surface area contributed by atoms with Crippen molar-refractivity contribution in [3.8, 4) is 5.69 Å². The Bertz CT molecular complexity index is 678. The standard InChI is InChI=1S/C17H20N2O/c1-11-5-7-13(8-6-11)19-14-9-17(3,4)10-15(20)16(14)12(2)18-19/h5-8H,9-10H2,1-4H3. The van der Waals surface area contributed by atoms with Gasteiger partial charge in [-0.3, -0.25) is 4.79 Å². The third-order valence-electron chi connectivity index (χ3n) is 4.00. The van der Waals surface area contributed by atoms with Gasteiger partial charge in [0, 0.05) is 6.42 Å². The topological polar surface area (TPSA) is 34.9 Å². The van der Waals surface area contributed by atoms with Gasteiger partial charge in [-0.1, -0.05) is 31.5 Å². The molecular weight excluding hydrogens is 248 g/mol. The highest BCUT2D eigenvalue weighted by Crippen LogP contribution is 2.36. The predicted octanol–water partition coefficient (Wildman–Crippen LogP) is 3.64. The molecule has 104 valence electrons. The van der Waals surface area contributed by atoms with Crippen LogP contribution in [0.15, 0.2) is 24.3 Å². The highest BCUT2D eigenvalue weighted by Gasteiger charge is 2.35. The normalized spacial score (nSPS) is 17.1. The molecular formula is C17H20N2O. The summed E-state index contributed by atoms with van der Waals surface area (Å²) in [5, 5.41) is 4.60. The zero-order chi connectivity index (χ0) is 14.5. The summed E-state index contributed by atoms with van der Waals surface area (Å²) in [6.07, 6.45) is 1.50. The number of hydrogen-bond acceptors (Lipinski definition) is 2. The molecule has 0 saturated carbocycles. The summed E-state index contributed by atoms with van der Waals surface area (Å²) in [5.41, 5.74) is 5.02. The van der Waals surface area contributed by atoms with Crippen molar-refractivity contribution in [3.05, 3.63) is 46.8 Å². The number of hydrogen-bond donors (Lipinski definition) is 0. The lowest BCUT2D eigenvalue weighted by atomic mass is 9.75. The maximum absolute atomic E-state index is 12.4. The summed E-state index contributed by atoms with van der Waals surface area (Å²) >= 11 is 0. The molecule has 0 amide bonds. The smallest absolute Gasteiger partial charge is 0.167 e. The zero-order valence-electron chi connectivity index (χ0n) is 12.5. The first-order valence-corrected chi connectivity index (χ1v) is 7.06. The molecule has 1 aliphatic carbocycles. The van der Waals surface area contributed by atoms with Crippen LogP contribution in [0.2, 0.25) is 0 Å². The molecule has 0 bridgehead atoms. The molecule has 0 fully saturated rings. The summed E-state index contributed by atoms with van der Waals surface area (Å²) in [6, 6.07) is 8.28. The van der Waals surface area contributed by atoms with Crippen LogP contribution >= 0.6 is 0 Å². The van der Waals surface area contributed by atoms with Crippen LogP contribution in [0.5, 0.6) is 0 Å². The molecule has 1 heterocycles. The van der Waals surface area contributed by atoms with Gasteiger partial charge >= 0.3 is 0 Å². The van der Waals surface area contributed by atoms with Gasteiger partial charge < -0.3 is 0 Å². The van der Waals surface area contributed by atoms with Gasteiger partial charge in [-0.15, -0.1) is 0 Å². The van der Waals surface area contributed by atoms with Crippen LogP contribution in [0.4, 0.5) is 0 Å². The first-order chi connectivity index (χ1) is 9.37. The summed E-state index contributed by atoms with van der Waals surface area (Å²) in [6.45, 7) is 8.30. The lowest BCUT2D eigenvalue weighted by Gasteiger charge is -2.29. The van der Waals surface area contributed by atoms with E-state index >= 15 is 0 Å². The molecule has 0 unspecified atom stereocenters. The fourth-order valence-corrected chi connectivity index (χ4v) is 3.04. The van der Waals surface area contributed by atoms with Crippen LogP contribution in [-0.4, -0.2) is 15.6 Å². The molecule has 0 spiro atoms. The molecule has 0 aliphatic heterocycles. The molecule has 3 heteroatoms. The van der Waals surface area contributed by atoms with E-state index in [0.717, 1.165) is 29.1 Å². The van der Waals surface area contributed by atoms with Crippen molar-refractivity contribution in [3.63, 3.8) is 0 Å². The molecule has 3 nitrogen and oxygen atoms in total. The van der Waals surface area contributed by atoms with Crippen molar-refractivity contribution < 1.29 is 4.79 Å². The monoisotopic (exact) mass is 268 g/mol. The van der Waals surface area contributed by atoms with E-state index in [0.29, 0.717) is 6.42 Å². The number of ketones is 1. The number of nitrogens with zero attached hydrogens (tertiary/aromatic N) is 2. The van der Waals surface area contributed by atoms with Crippen molar-refractivity contribution in [2.24, 2.45) is 5.41 Å². The Morgan fingerprint density at radius 1 is 1.10 bits per heavy atom. The lowest BCUT2D eigenvalue weighted by molar-refractivity contribution is 0.0910. The van der Waals surface area contributed by atoms with E-state index in [9.17, 15) is 4.79 Å². The van der Waals surface area contributed by atoms with Crippen molar-refractivity contribution in [1.29, 1.82) is 0 Å². The largest absolute Gasteiger partial charge is 0.294 e. The summed E-state index contributed by atoms with van der Waals surface area (Å²) in [4.78, 5) is 12.4. The number of fused-ring (bicyclic) bond motifs is 1. The van der Waals surface area contributed by atoms with Crippen molar-refractivity contribution >= 4 is 5.78 Å². The van der Waals surface area contributed by atoms with Crippen molar-refractivity contribution in [1.82, 2.24) is 9.78 Å². The number of carbonyl (C=O) groups excluding carboxylic acids is 1. The fourth-order valence-electron chi connectivity index (χ4n) is 3.04. The quantitative estimate of drug-likeness (QED) is 0.791. The molecule has 1 aromatic carbocycles. The Kier molecular flexibility index (Phi) is 2.82. The van der Waals surface area contributed by atoms with E-state index in [1.165, 1.54) is 5.56 Å². The Balaban J connectivity index is 2.17. The maximum atomic E-state index is 12.4. The van der Waals surface area contributed by atoms with Crippen LogP contribution in [0.3, 0.4) is 0 Å². The summed E-state index contributed by atoms with van der Waals surface area (Å²) < 4.78 is 1.95. The molecule has 0 saturated heterocycles. The van der Waals surface area contributed by atoms with E-state index in [4.69, 9.17) is 0 Å². The fraction of sp³-hybridized carbons (Fsp3) is 0.412. The highest BCUT2D eigenvalue weighted by molar-refractivity contribution is 5.99. The number of aryl methyl sites for hydroxylation is 2. The second kappa shape index (κ2) is 4.30. The Hall–Kier alpha value is -1.90. The minimum atomic E-state index is 0.0129. The number of Topliss-reactive ketones (excluding diaryl/α,β-unsaturated/α-hetero) is 1. The van der Waals surface area contributed by atoms with Gasteiger partial charge in [0.15, 0.2) is 5.78 Å². The van der Waals surface area contributed by atoms with E-state index in [1.807, 2.05) is 11.6 Å². The summed E-state index contributed by atoms with van der Waals surface area (Å²) in [7, 11) is 0.